The lowest BCUT2D eigenvalue weighted by molar-refractivity contribution is -0.111. The van der Waals surface area contributed by atoms with Gasteiger partial charge in [-0.1, -0.05) is 60.7 Å². The molecule has 1 atom stereocenters. The van der Waals surface area contributed by atoms with Crippen LogP contribution < -0.4 is 5.32 Å². The third-order valence-corrected chi connectivity index (χ3v) is 5.25. The molecule has 7 heteroatoms. The number of amides is 1. The Kier molecular flexibility index (Phi) is 6.42. The van der Waals surface area contributed by atoms with E-state index >= 15 is 0 Å². The second-order valence-electron chi connectivity index (χ2n) is 4.58. The molecular weight excluding hydrogens is 338 g/mol. The van der Waals surface area contributed by atoms with Gasteiger partial charge in [0.15, 0.2) is 4.34 Å². The molecule has 0 saturated heterocycles. The molecule has 0 aliphatic carbocycles. The molecule has 0 spiro atoms. The van der Waals surface area contributed by atoms with Gasteiger partial charge >= 0.3 is 0 Å². The van der Waals surface area contributed by atoms with Gasteiger partial charge < -0.3 is 0 Å². The minimum Gasteiger partial charge on any atom is -0.297 e. The molecule has 0 fully saturated rings. The summed E-state index contributed by atoms with van der Waals surface area (Å²) in [5, 5.41) is 12.4. The summed E-state index contributed by atoms with van der Waals surface area (Å²) in [5.74, 6) is -0.230. The molecule has 0 aliphatic heterocycles. The van der Waals surface area contributed by atoms with Crippen LogP contribution in [0.25, 0.3) is 6.08 Å². The first kappa shape index (κ1) is 17.0. The summed E-state index contributed by atoms with van der Waals surface area (Å²) in [4.78, 5) is 11.8. The van der Waals surface area contributed by atoms with Crippen LogP contribution in [0.5, 0.6) is 0 Å². The number of aromatic nitrogens is 2. The molecule has 0 radical (unpaired) electrons. The third-order valence-electron chi connectivity index (χ3n) is 2.81. The number of nitrogens with zero attached hydrogens (tertiary/aromatic N) is 2. The Bertz CT molecular complexity index is 655. The highest BCUT2D eigenvalue weighted by molar-refractivity contribution is 8.01. The molecule has 1 aromatic heterocycles. The van der Waals surface area contributed by atoms with Crippen molar-refractivity contribution in [1.82, 2.24) is 10.2 Å². The molecule has 116 valence electrons. The van der Waals surface area contributed by atoms with Crippen molar-refractivity contribution in [3.63, 3.8) is 0 Å². The molecule has 1 heterocycles. The van der Waals surface area contributed by atoms with Gasteiger partial charge in [0, 0.05) is 16.3 Å². The van der Waals surface area contributed by atoms with E-state index in [-0.39, 0.29) is 5.91 Å². The Morgan fingerprint density at radius 3 is 2.82 bits per heavy atom. The summed E-state index contributed by atoms with van der Waals surface area (Å²) < 4.78 is 0.867. The second kappa shape index (κ2) is 8.31. The maximum atomic E-state index is 11.8. The SMILES string of the molecule is CCC(C)Sc1nnc(NC(=O)/C=C/c2ccc(Cl)cc2)s1. The molecule has 0 bridgehead atoms. The van der Waals surface area contributed by atoms with Crippen molar-refractivity contribution < 1.29 is 4.79 Å². The molecule has 2 aromatic rings. The summed E-state index contributed by atoms with van der Waals surface area (Å²) in [6.45, 7) is 4.27. The summed E-state index contributed by atoms with van der Waals surface area (Å²) >= 11 is 8.86. The summed E-state index contributed by atoms with van der Waals surface area (Å²) in [5.41, 5.74) is 0.907. The van der Waals surface area contributed by atoms with E-state index in [9.17, 15) is 4.79 Å². The van der Waals surface area contributed by atoms with Crippen molar-refractivity contribution in [2.75, 3.05) is 5.32 Å². The van der Waals surface area contributed by atoms with E-state index in [0.717, 1.165) is 16.3 Å². The Labute approximate surface area is 143 Å². The molecule has 0 aliphatic rings. The minimum absolute atomic E-state index is 0.230. The fraction of sp³-hybridized carbons (Fsp3) is 0.267. The molecule has 1 aromatic carbocycles. The highest BCUT2D eigenvalue weighted by Gasteiger charge is 2.09. The molecule has 1 amide bonds. The van der Waals surface area contributed by atoms with Crippen LogP contribution >= 0.6 is 34.7 Å². The van der Waals surface area contributed by atoms with Crippen molar-refractivity contribution in [3.8, 4) is 0 Å². The Morgan fingerprint density at radius 2 is 2.14 bits per heavy atom. The van der Waals surface area contributed by atoms with Gasteiger partial charge in [0.05, 0.1) is 0 Å². The zero-order valence-corrected chi connectivity index (χ0v) is 14.6. The molecular formula is C15H16ClN3OS2. The normalized spacial score (nSPS) is 12.5. The predicted octanol–water partition coefficient (Wildman–Crippen LogP) is 4.73. The van der Waals surface area contributed by atoms with Gasteiger partial charge in [0.2, 0.25) is 11.0 Å². The lowest BCUT2D eigenvalue weighted by atomic mass is 10.2. The number of anilines is 1. The summed E-state index contributed by atoms with van der Waals surface area (Å²) in [6, 6.07) is 7.25. The first-order valence-electron chi connectivity index (χ1n) is 6.81. The van der Waals surface area contributed by atoms with Gasteiger partial charge in [-0.2, -0.15) is 0 Å². The number of benzene rings is 1. The number of carbonyl (C=O) groups is 1. The zero-order chi connectivity index (χ0) is 15.9. The van der Waals surface area contributed by atoms with Crippen LogP contribution in [0.2, 0.25) is 5.02 Å². The second-order valence-corrected chi connectivity index (χ2v) is 7.68. The fourth-order valence-corrected chi connectivity index (χ4v) is 3.58. The van der Waals surface area contributed by atoms with Crippen molar-refractivity contribution in [3.05, 3.63) is 40.9 Å². The largest absolute Gasteiger partial charge is 0.297 e. The summed E-state index contributed by atoms with van der Waals surface area (Å²) in [6.07, 6.45) is 4.25. The van der Waals surface area contributed by atoms with Crippen LogP contribution in [0.4, 0.5) is 5.13 Å². The quantitative estimate of drug-likeness (QED) is 0.463. The number of hydrogen-bond donors (Lipinski definition) is 1. The van der Waals surface area contributed by atoms with Crippen molar-refractivity contribution in [1.29, 1.82) is 0 Å². The molecule has 1 unspecified atom stereocenters. The van der Waals surface area contributed by atoms with Crippen LogP contribution in [0.3, 0.4) is 0 Å². The fourth-order valence-electron chi connectivity index (χ4n) is 1.46. The number of halogens is 1. The van der Waals surface area contributed by atoms with E-state index in [1.807, 2.05) is 12.1 Å². The third kappa shape index (κ3) is 5.44. The van der Waals surface area contributed by atoms with E-state index in [1.54, 1.807) is 30.0 Å². The Morgan fingerprint density at radius 1 is 1.41 bits per heavy atom. The lowest BCUT2D eigenvalue weighted by Crippen LogP contribution is -2.07. The maximum absolute atomic E-state index is 11.8. The van der Waals surface area contributed by atoms with E-state index in [4.69, 9.17) is 11.6 Å². The smallest absolute Gasteiger partial charge is 0.250 e. The van der Waals surface area contributed by atoms with Gasteiger partial charge in [0.25, 0.3) is 0 Å². The first-order chi connectivity index (χ1) is 10.6. The topological polar surface area (TPSA) is 54.9 Å². The number of nitrogens with one attached hydrogen (secondary N) is 1. The number of thioether (sulfide) groups is 1. The van der Waals surface area contributed by atoms with Crippen LogP contribution in [0.15, 0.2) is 34.7 Å². The van der Waals surface area contributed by atoms with Crippen LogP contribution in [-0.2, 0) is 4.79 Å². The van der Waals surface area contributed by atoms with Crippen molar-refractivity contribution in [2.24, 2.45) is 0 Å². The summed E-state index contributed by atoms with van der Waals surface area (Å²) in [7, 11) is 0. The monoisotopic (exact) mass is 353 g/mol. The van der Waals surface area contributed by atoms with Gasteiger partial charge in [-0.15, -0.1) is 10.2 Å². The standard InChI is InChI=1S/C15H16ClN3OS2/c1-3-10(2)21-15-19-18-14(22-15)17-13(20)9-6-11-4-7-12(16)8-5-11/h4-10H,3H2,1-2H3,(H,17,18,20)/b9-6+. The van der Waals surface area contributed by atoms with Gasteiger partial charge in [-0.05, 0) is 30.2 Å². The van der Waals surface area contributed by atoms with E-state index in [0.29, 0.717) is 15.4 Å². The highest BCUT2D eigenvalue weighted by atomic mass is 35.5. The molecule has 0 saturated carbocycles. The number of carbonyl (C=O) groups excluding carboxylic acids is 1. The average Bonchev–Trinajstić information content (AvgIpc) is 2.93. The van der Waals surface area contributed by atoms with E-state index in [1.165, 1.54) is 17.4 Å². The minimum atomic E-state index is -0.230. The van der Waals surface area contributed by atoms with E-state index < -0.39 is 0 Å². The van der Waals surface area contributed by atoms with E-state index in [2.05, 4.69) is 29.4 Å². The van der Waals surface area contributed by atoms with Gasteiger partial charge in [-0.3, -0.25) is 10.1 Å². The molecule has 22 heavy (non-hydrogen) atoms. The van der Waals surface area contributed by atoms with Crippen LogP contribution in [-0.4, -0.2) is 21.4 Å². The number of rotatable bonds is 6. The molecule has 2 rings (SSSR count). The van der Waals surface area contributed by atoms with Crippen LogP contribution in [0, 0.1) is 0 Å². The molecule has 4 nitrogen and oxygen atoms in total. The van der Waals surface area contributed by atoms with Crippen molar-refractivity contribution in [2.45, 2.75) is 29.9 Å². The lowest BCUT2D eigenvalue weighted by Gasteiger charge is -2.02. The average molecular weight is 354 g/mol. The molecule has 1 N–H and O–H groups in total. The van der Waals surface area contributed by atoms with Crippen LogP contribution in [0.1, 0.15) is 25.8 Å². The maximum Gasteiger partial charge on any atom is 0.250 e. The predicted molar refractivity (Wildman–Crippen MR) is 94.6 cm³/mol. The number of hydrogen-bond acceptors (Lipinski definition) is 5. The first-order valence-corrected chi connectivity index (χ1v) is 8.89. The zero-order valence-electron chi connectivity index (χ0n) is 12.2. The Balaban J connectivity index is 1.90. The van der Waals surface area contributed by atoms with Gasteiger partial charge in [0.1, 0.15) is 0 Å². The van der Waals surface area contributed by atoms with Crippen molar-refractivity contribution >= 4 is 51.8 Å². The Hall–Kier alpha value is -1.37. The highest BCUT2D eigenvalue weighted by Crippen LogP contribution is 2.29. The van der Waals surface area contributed by atoms with Gasteiger partial charge in [-0.25, -0.2) is 0 Å².